The van der Waals surface area contributed by atoms with Crippen molar-refractivity contribution in [2.24, 2.45) is 23.2 Å². The molecule has 1 N–H and O–H groups in total. The zero-order chi connectivity index (χ0) is 19.4. The number of carbonyl (C=O) groups excluding carboxylic acids is 1. The van der Waals surface area contributed by atoms with Gasteiger partial charge < -0.3 is 9.84 Å². The Morgan fingerprint density at radius 2 is 1.93 bits per heavy atom. The normalized spacial score (nSPS) is 32.5. The third kappa shape index (κ3) is 4.56. The van der Waals surface area contributed by atoms with Crippen LogP contribution in [0.5, 0.6) is 0 Å². The molecule has 0 bridgehead atoms. The van der Waals surface area contributed by atoms with Crippen molar-refractivity contribution in [3.05, 3.63) is 35.9 Å². The number of rotatable bonds is 7. The van der Waals surface area contributed by atoms with Gasteiger partial charge >= 0.3 is 5.97 Å². The molecule has 0 aromatic heterocycles. The summed E-state index contributed by atoms with van der Waals surface area (Å²) in [7, 11) is 0. The van der Waals surface area contributed by atoms with Crippen molar-refractivity contribution in [2.75, 3.05) is 0 Å². The molecule has 0 heterocycles. The lowest BCUT2D eigenvalue weighted by molar-refractivity contribution is -0.0474. The summed E-state index contributed by atoms with van der Waals surface area (Å²) in [5.74, 6) is 1.69. The van der Waals surface area contributed by atoms with Gasteiger partial charge in [-0.25, -0.2) is 4.79 Å². The highest BCUT2D eigenvalue weighted by Crippen LogP contribution is 2.58. The van der Waals surface area contributed by atoms with Crippen LogP contribution in [0.3, 0.4) is 0 Å². The SMILES string of the molecule is C[C@@H](O)CCC[C@H](C)[C@H]1CC[C@H]2[C@@H](OC(=O)c3ccccc3)CCC[C@]12C. The number of aliphatic hydroxyl groups is 1. The van der Waals surface area contributed by atoms with Crippen LogP contribution in [0.15, 0.2) is 30.3 Å². The Hall–Kier alpha value is -1.35. The number of carbonyl (C=O) groups is 1. The van der Waals surface area contributed by atoms with Crippen molar-refractivity contribution >= 4 is 5.97 Å². The number of fused-ring (bicyclic) bond motifs is 1. The van der Waals surface area contributed by atoms with Crippen LogP contribution < -0.4 is 0 Å². The molecule has 0 spiro atoms. The van der Waals surface area contributed by atoms with Gasteiger partial charge in [0, 0.05) is 5.92 Å². The third-order valence-electron chi connectivity index (χ3n) is 7.37. The fourth-order valence-electron chi connectivity index (χ4n) is 5.95. The summed E-state index contributed by atoms with van der Waals surface area (Å²) in [5, 5.41) is 9.53. The van der Waals surface area contributed by atoms with Crippen LogP contribution in [-0.4, -0.2) is 23.3 Å². The van der Waals surface area contributed by atoms with Crippen LogP contribution in [0.25, 0.3) is 0 Å². The van der Waals surface area contributed by atoms with Gasteiger partial charge in [-0.3, -0.25) is 0 Å². The molecule has 3 heteroatoms. The van der Waals surface area contributed by atoms with Crippen LogP contribution in [0.4, 0.5) is 0 Å². The molecule has 2 aliphatic carbocycles. The lowest BCUT2D eigenvalue weighted by Crippen LogP contribution is -2.43. The molecular weight excluding hydrogens is 336 g/mol. The standard InChI is InChI=1S/C24H36O3/c1-17(9-7-10-18(2)25)20-14-15-21-22(13-8-16-24(20,21)3)27-23(26)19-11-5-4-6-12-19/h4-6,11-12,17-18,20-22,25H,7-10,13-16H2,1-3H3/t17-,18+,20+,21-,22-,24+/m0/s1. The lowest BCUT2D eigenvalue weighted by Gasteiger charge is -2.46. The molecule has 3 rings (SSSR count). The highest BCUT2D eigenvalue weighted by atomic mass is 16.5. The average molecular weight is 373 g/mol. The first-order chi connectivity index (χ1) is 12.9. The van der Waals surface area contributed by atoms with Gasteiger partial charge in [0.2, 0.25) is 0 Å². The van der Waals surface area contributed by atoms with Gasteiger partial charge in [-0.1, -0.05) is 44.9 Å². The molecule has 1 aromatic rings. The van der Waals surface area contributed by atoms with Crippen LogP contribution in [0.1, 0.15) is 82.5 Å². The second kappa shape index (κ2) is 8.77. The summed E-state index contributed by atoms with van der Waals surface area (Å²) >= 11 is 0. The van der Waals surface area contributed by atoms with Crippen molar-refractivity contribution in [3.63, 3.8) is 0 Å². The second-order valence-corrected chi connectivity index (χ2v) is 9.26. The molecule has 3 nitrogen and oxygen atoms in total. The van der Waals surface area contributed by atoms with E-state index in [-0.39, 0.29) is 23.6 Å². The van der Waals surface area contributed by atoms with E-state index in [9.17, 15) is 9.90 Å². The van der Waals surface area contributed by atoms with Crippen LogP contribution >= 0.6 is 0 Å². The highest BCUT2D eigenvalue weighted by molar-refractivity contribution is 5.89. The topological polar surface area (TPSA) is 46.5 Å². The van der Waals surface area contributed by atoms with Gasteiger partial charge in [0.1, 0.15) is 6.10 Å². The third-order valence-corrected chi connectivity index (χ3v) is 7.37. The summed E-state index contributed by atoms with van der Waals surface area (Å²) < 4.78 is 6.03. The molecule has 0 aliphatic heterocycles. The fourth-order valence-corrected chi connectivity index (χ4v) is 5.95. The molecular formula is C24H36O3. The zero-order valence-corrected chi connectivity index (χ0v) is 17.2. The van der Waals surface area contributed by atoms with Gasteiger partial charge in [0.15, 0.2) is 0 Å². The Morgan fingerprint density at radius 1 is 1.19 bits per heavy atom. The Balaban J connectivity index is 1.64. The van der Waals surface area contributed by atoms with E-state index >= 15 is 0 Å². The van der Waals surface area contributed by atoms with Crippen molar-refractivity contribution < 1.29 is 14.6 Å². The van der Waals surface area contributed by atoms with Gasteiger partial charge in [0.05, 0.1) is 11.7 Å². The summed E-state index contributed by atoms with van der Waals surface area (Å²) in [4.78, 5) is 12.6. The van der Waals surface area contributed by atoms with Crippen molar-refractivity contribution in [1.29, 1.82) is 0 Å². The Morgan fingerprint density at radius 3 is 2.63 bits per heavy atom. The van der Waals surface area contributed by atoms with Crippen molar-refractivity contribution in [2.45, 2.75) is 84.3 Å². The van der Waals surface area contributed by atoms with Crippen LogP contribution in [0.2, 0.25) is 0 Å². The molecule has 2 aliphatic rings. The first kappa shape index (κ1) is 20.4. The van der Waals surface area contributed by atoms with Gasteiger partial charge in [0.25, 0.3) is 0 Å². The zero-order valence-electron chi connectivity index (χ0n) is 17.2. The number of esters is 1. The smallest absolute Gasteiger partial charge is 0.338 e. The van der Waals surface area contributed by atoms with E-state index in [0.717, 1.165) is 25.7 Å². The molecule has 2 fully saturated rings. The summed E-state index contributed by atoms with van der Waals surface area (Å²) in [6.45, 7) is 6.72. The maximum absolute atomic E-state index is 12.6. The van der Waals surface area contributed by atoms with E-state index in [1.54, 1.807) is 0 Å². The monoisotopic (exact) mass is 372 g/mol. The molecule has 27 heavy (non-hydrogen) atoms. The average Bonchev–Trinajstić information content (AvgIpc) is 3.00. The summed E-state index contributed by atoms with van der Waals surface area (Å²) in [6, 6.07) is 9.39. The molecule has 2 saturated carbocycles. The van der Waals surface area contributed by atoms with Crippen LogP contribution in [-0.2, 0) is 4.74 Å². The number of hydrogen-bond acceptors (Lipinski definition) is 3. The highest BCUT2D eigenvalue weighted by Gasteiger charge is 2.53. The lowest BCUT2D eigenvalue weighted by atomic mass is 9.61. The van der Waals surface area contributed by atoms with Gasteiger partial charge in [-0.2, -0.15) is 0 Å². The Labute approximate surface area is 164 Å². The molecule has 0 amide bonds. The maximum atomic E-state index is 12.6. The fraction of sp³-hybridized carbons (Fsp3) is 0.708. The first-order valence-corrected chi connectivity index (χ1v) is 10.9. The Kier molecular flexibility index (Phi) is 6.62. The van der Waals surface area contributed by atoms with Gasteiger partial charge in [-0.15, -0.1) is 0 Å². The first-order valence-electron chi connectivity index (χ1n) is 10.9. The second-order valence-electron chi connectivity index (χ2n) is 9.26. The molecule has 0 saturated heterocycles. The van der Waals surface area contributed by atoms with Gasteiger partial charge in [-0.05, 0) is 74.8 Å². The predicted molar refractivity (Wildman–Crippen MR) is 109 cm³/mol. The summed E-state index contributed by atoms with van der Waals surface area (Å²) in [6.07, 6.45) is 8.88. The van der Waals surface area contributed by atoms with E-state index in [0.29, 0.717) is 23.3 Å². The summed E-state index contributed by atoms with van der Waals surface area (Å²) in [5.41, 5.74) is 0.940. The van der Waals surface area contributed by atoms with E-state index < -0.39 is 0 Å². The quantitative estimate of drug-likeness (QED) is 0.632. The largest absolute Gasteiger partial charge is 0.458 e. The Bertz CT molecular complexity index is 611. The number of hydrogen-bond donors (Lipinski definition) is 1. The molecule has 150 valence electrons. The van der Waals surface area contributed by atoms with Crippen molar-refractivity contribution in [3.8, 4) is 0 Å². The maximum Gasteiger partial charge on any atom is 0.338 e. The van der Waals surface area contributed by atoms with Crippen molar-refractivity contribution in [1.82, 2.24) is 0 Å². The van der Waals surface area contributed by atoms with E-state index in [4.69, 9.17) is 4.74 Å². The predicted octanol–water partition coefficient (Wildman–Crippen LogP) is 5.62. The minimum Gasteiger partial charge on any atom is -0.458 e. The van der Waals surface area contributed by atoms with Crippen LogP contribution in [0, 0.1) is 23.2 Å². The molecule has 1 aromatic carbocycles. The number of benzene rings is 1. The number of ether oxygens (including phenoxy) is 1. The molecule has 0 unspecified atom stereocenters. The number of aliphatic hydroxyl groups excluding tert-OH is 1. The molecule has 6 atom stereocenters. The minimum atomic E-state index is -0.194. The van der Waals surface area contributed by atoms with E-state index in [1.165, 1.54) is 25.7 Å². The van der Waals surface area contributed by atoms with E-state index in [2.05, 4.69) is 13.8 Å². The molecule has 0 radical (unpaired) electrons. The van der Waals surface area contributed by atoms with E-state index in [1.807, 2.05) is 37.3 Å². The minimum absolute atomic E-state index is 0.0612.